The highest BCUT2D eigenvalue weighted by Gasteiger charge is 2.21. The molecule has 0 fully saturated rings. The van der Waals surface area contributed by atoms with Crippen LogP contribution in [0.2, 0.25) is 0 Å². The van der Waals surface area contributed by atoms with Gasteiger partial charge in [-0.3, -0.25) is 4.79 Å². The van der Waals surface area contributed by atoms with Crippen molar-refractivity contribution in [2.45, 2.75) is 84.3 Å². The van der Waals surface area contributed by atoms with Gasteiger partial charge in [-0.05, 0) is 24.8 Å². The van der Waals surface area contributed by atoms with Crippen LogP contribution in [0.1, 0.15) is 77.2 Å². The average Bonchev–Trinajstić information content (AvgIpc) is 2.60. The Morgan fingerprint density at radius 1 is 1.04 bits per heavy atom. The Bertz CT molecular complexity index is 430. The van der Waals surface area contributed by atoms with E-state index in [4.69, 9.17) is 4.74 Å². The molecular formula is C21H34O3. The van der Waals surface area contributed by atoms with Gasteiger partial charge in [-0.1, -0.05) is 82.7 Å². The molecule has 0 bridgehead atoms. The summed E-state index contributed by atoms with van der Waals surface area (Å²) < 4.78 is 6.08. The molecule has 0 aliphatic rings. The van der Waals surface area contributed by atoms with E-state index in [1.54, 1.807) is 0 Å². The van der Waals surface area contributed by atoms with E-state index >= 15 is 0 Å². The molecule has 0 saturated carbocycles. The summed E-state index contributed by atoms with van der Waals surface area (Å²) in [4.78, 5) is 11.3. The van der Waals surface area contributed by atoms with E-state index < -0.39 is 5.97 Å². The molecule has 1 rings (SSSR count). The van der Waals surface area contributed by atoms with E-state index in [-0.39, 0.29) is 12.0 Å². The van der Waals surface area contributed by atoms with Crippen LogP contribution in [0.3, 0.4) is 0 Å². The molecular weight excluding hydrogens is 300 g/mol. The van der Waals surface area contributed by atoms with E-state index in [0.29, 0.717) is 19.4 Å². The van der Waals surface area contributed by atoms with Crippen LogP contribution in [0.25, 0.3) is 0 Å². The van der Waals surface area contributed by atoms with Crippen LogP contribution in [0.15, 0.2) is 30.3 Å². The summed E-state index contributed by atoms with van der Waals surface area (Å²) in [6.45, 7) is 4.74. The molecule has 3 nitrogen and oxygen atoms in total. The summed E-state index contributed by atoms with van der Waals surface area (Å²) in [5.74, 6) is -1.00. The monoisotopic (exact) mass is 334 g/mol. The Balaban J connectivity index is 2.44. The van der Waals surface area contributed by atoms with Crippen LogP contribution in [0, 0.1) is 5.92 Å². The van der Waals surface area contributed by atoms with Gasteiger partial charge in [0, 0.05) is 0 Å². The van der Waals surface area contributed by atoms with Crippen molar-refractivity contribution in [1.29, 1.82) is 0 Å². The lowest BCUT2D eigenvalue weighted by molar-refractivity contribution is -0.143. The Morgan fingerprint density at radius 2 is 1.71 bits per heavy atom. The van der Waals surface area contributed by atoms with Gasteiger partial charge >= 0.3 is 5.97 Å². The van der Waals surface area contributed by atoms with E-state index in [2.05, 4.69) is 19.1 Å². The maximum Gasteiger partial charge on any atom is 0.306 e. The molecule has 0 amide bonds. The number of unbranched alkanes of at least 4 members (excludes halogenated alkanes) is 5. The van der Waals surface area contributed by atoms with Gasteiger partial charge in [0.25, 0.3) is 0 Å². The topological polar surface area (TPSA) is 46.5 Å². The Morgan fingerprint density at radius 3 is 2.33 bits per heavy atom. The first-order chi connectivity index (χ1) is 11.7. The quantitative estimate of drug-likeness (QED) is 0.436. The van der Waals surface area contributed by atoms with Crippen molar-refractivity contribution >= 4 is 5.97 Å². The predicted octanol–water partition coefficient (Wildman–Crippen LogP) is 5.82. The smallest absolute Gasteiger partial charge is 0.306 e. The standard InChI is InChI=1S/C21H34O3/c1-3-5-6-7-8-12-15-20(16-19(4-2)21(22)23)24-17-18-13-10-9-11-14-18/h9-11,13-14,19-20H,3-8,12,15-17H2,1-2H3,(H,22,23). The Kier molecular flexibility index (Phi) is 11.2. The van der Waals surface area contributed by atoms with Gasteiger partial charge in [0.2, 0.25) is 0 Å². The molecule has 0 saturated heterocycles. The van der Waals surface area contributed by atoms with Gasteiger partial charge in [-0.2, -0.15) is 0 Å². The number of aliphatic carboxylic acids is 1. The lowest BCUT2D eigenvalue weighted by Crippen LogP contribution is -2.22. The summed E-state index contributed by atoms with van der Waals surface area (Å²) in [6.07, 6.45) is 9.78. The van der Waals surface area contributed by atoms with Crippen LogP contribution in [0.5, 0.6) is 0 Å². The average molecular weight is 334 g/mol. The molecule has 1 aromatic carbocycles. The number of carboxylic acids is 1. The minimum absolute atomic E-state index is 0.0393. The molecule has 3 heteroatoms. The molecule has 0 aliphatic carbocycles. The van der Waals surface area contributed by atoms with Gasteiger partial charge in [-0.15, -0.1) is 0 Å². The van der Waals surface area contributed by atoms with Crippen LogP contribution in [-0.2, 0) is 16.1 Å². The lowest BCUT2D eigenvalue weighted by Gasteiger charge is -2.21. The molecule has 0 spiro atoms. The van der Waals surface area contributed by atoms with Crippen molar-refractivity contribution in [3.63, 3.8) is 0 Å². The second-order valence-corrected chi connectivity index (χ2v) is 6.65. The number of ether oxygens (including phenoxy) is 1. The van der Waals surface area contributed by atoms with Crippen molar-refractivity contribution < 1.29 is 14.6 Å². The molecule has 0 aliphatic heterocycles. The fraction of sp³-hybridized carbons (Fsp3) is 0.667. The number of hydrogen-bond acceptors (Lipinski definition) is 2. The number of benzene rings is 1. The van der Waals surface area contributed by atoms with Crippen LogP contribution < -0.4 is 0 Å². The van der Waals surface area contributed by atoms with Gasteiger partial charge in [0.15, 0.2) is 0 Å². The third kappa shape index (κ3) is 9.07. The molecule has 0 heterocycles. The van der Waals surface area contributed by atoms with Crippen molar-refractivity contribution in [2.24, 2.45) is 5.92 Å². The molecule has 136 valence electrons. The normalized spacial score (nSPS) is 13.6. The molecule has 1 N–H and O–H groups in total. The molecule has 0 aromatic heterocycles. The minimum atomic E-state index is -0.700. The number of rotatable bonds is 14. The van der Waals surface area contributed by atoms with Gasteiger partial charge < -0.3 is 9.84 Å². The molecule has 0 radical (unpaired) electrons. The van der Waals surface area contributed by atoms with Gasteiger partial charge in [0.1, 0.15) is 0 Å². The van der Waals surface area contributed by atoms with E-state index in [0.717, 1.165) is 18.4 Å². The van der Waals surface area contributed by atoms with E-state index in [1.165, 1.54) is 32.1 Å². The van der Waals surface area contributed by atoms with E-state index in [1.807, 2.05) is 25.1 Å². The lowest BCUT2D eigenvalue weighted by atomic mass is 9.95. The Labute approximate surface area is 147 Å². The molecule has 1 aromatic rings. The molecule has 24 heavy (non-hydrogen) atoms. The third-order valence-corrected chi connectivity index (χ3v) is 4.60. The molecule has 2 unspecified atom stereocenters. The Hall–Kier alpha value is -1.35. The van der Waals surface area contributed by atoms with Gasteiger partial charge in [0.05, 0.1) is 18.6 Å². The fourth-order valence-electron chi connectivity index (χ4n) is 2.97. The fourth-order valence-corrected chi connectivity index (χ4v) is 2.97. The van der Waals surface area contributed by atoms with Crippen molar-refractivity contribution in [1.82, 2.24) is 0 Å². The first-order valence-corrected chi connectivity index (χ1v) is 9.55. The number of carbonyl (C=O) groups is 1. The summed E-state index contributed by atoms with van der Waals surface area (Å²) in [5, 5.41) is 9.32. The van der Waals surface area contributed by atoms with Crippen LogP contribution in [0.4, 0.5) is 0 Å². The SMILES string of the molecule is CCCCCCCCC(CC(CC)C(=O)O)OCc1ccccc1. The largest absolute Gasteiger partial charge is 0.481 e. The third-order valence-electron chi connectivity index (χ3n) is 4.60. The van der Waals surface area contributed by atoms with Crippen molar-refractivity contribution in [2.75, 3.05) is 0 Å². The van der Waals surface area contributed by atoms with Crippen molar-refractivity contribution in [3.05, 3.63) is 35.9 Å². The second kappa shape index (κ2) is 13.0. The maximum atomic E-state index is 11.3. The zero-order valence-electron chi connectivity index (χ0n) is 15.4. The second-order valence-electron chi connectivity index (χ2n) is 6.65. The summed E-state index contributed by atoms with van der Waals surface area (Å²) in [5.41, 5.74) is 1.15. The zero-order valence-corrected chi connectivity index (χ0v) is 15.4. The van der Waals surface area contributed by atoms with Gasteiger partial charge in [-0.25, -0.2) is 0 Å². The highest BCUT2D eigenvalue weighted by Crippen LogP contribution is 2.20. The van der Waals surface area contributed by atoms with Crippen LogP contribution in [-0.4, -0.2) is 17.2 Å². The first-order valence-electron chi connectivity index (χ1n) is 9.55. The summed E-state index contributed by atoms with van der Waals surface area (Å²) in [7, 11) is 0. The summed E-state index contributed by atoms with van der Waals surface area (Å²) in [6, 6.07) is 10.1. The highest BCUT2D eigenvalue weighted by atomic mass is 16.5. The van der Waals surface area contributed by atoms with Crippen molar-refractivity contribution in [3.8, 4) is 0 Å². The predicted molar refractivity (Wildman–Crippen MR) is 99.0 cm³/mol. The zero-order chi connectivity index (χ0) is 17.6. The number of carboxylic acid groups (broad SMARTS) is 1. The summed E-state index contributed by atoms with van der Waals surface area (Å²) >= 11 is 0. The maximum absolute atomic E-state index is 11.3. The van der Waals surface area contributed by atoms with E-state index in [9.17, 15) is 9.90 Å². The molecule has 2 atom stereocenters. The minimum Gasteiger partial charge on any atom is -0.481 e. The van der Waals surface area contributed by atoms with Crippen LogP contribution >= 0.6 is 0 Å². The first kappa shape index (κ1) is 20.7. The number of hydrogen-bond donors (Lipinski definition) is 1. The highest BCUT2D eigenvalue weighted by molar-refractivity contribution is 5.69.